The highest BCUT2D eigenvalue weighted by Gasteiger charge is 2.16. The minimum Gasteiger partial charge on any atom is -0.326 e. The molecule has 1 aliphatic rings. The van der Waals surface area contributed by atoms with E-state index in [1.165, 1.54) is 6.33 Å². The van der Waals surface area contributed by atoms with Crippen molar-refractivity contribution in [3.63, 3.8) is 0 Å². The van der Waals surface area contributed by atoms with Crippen LogP contribution >= 0.6 is 11.8 Å². The summed E-state index contributed by atoms with van der Waals surface area (Å²) in [5.41, 5.74) is 1.95. The van der Waals surface area contributed by atoms with Crippen molar-refractivity contribution in [2.24, 2.45) is 0 Å². The monoisotopic (exact) mass is 317 g/mol. The highest BCUT2D eigenvalue weighted by atomic mass is 32.2. The van der Waals surface area contributed by atoms with Crippen LogP contribution in [0.4, 0.5) is 5.69 Å². The van der Waals surface area contributed by atoms with Gasteiger partial charge in [0.15, 0.2) is 0 Å². The van der Waals surface area contributed by atoms with Gasteiger partial charge in [0.1, 0.15) is 12.7 Å². The van der Waals surface area contributed by atoms with E-state index in [2.05, 4.69) is 20.7 Å². The number of hydrogen-bond acceptors (Lipinski definition) is 5. The van der Waals surface area contributed by atoms with Crippen LogP contribution in [0.5, 0.6) is 0 Å². The van der Waals surface area contributed by atoms with Crippen LogP contribution < -0.4 is 10.6 Å². The normalized spacial score (nSPS) is 18.1. The van der Waals surface area contributed by atoms with Gasteiger partial charge in [-0.25, -0.2) is 9.67 Å². The molecule has 116 valence electrons. The Hall–Kier alpha value is -1.86. The lowest BCUT2D eigenvalue weighted by Crippen LogP contribution is -2.39. The maximum atomic E-state index is 12.0. The molecule has 1 aromatic carbocycles. The highest BCUT2D eigenvalue weighted by molar-refractivity contribution is 7.99. The maximum absolute atomic E-state index is 12.0. The van der Waals surface area contributed by atoms with E-state index in [9.17, 15) is 4.79 Å². The summed E-state index contributed by atoms with van der Waals surface area (Å²) in [5, 5.41) is 10.4. The number of amides is 1. The molecule has 22 heavy (non-hydrogen) atoms. The van der Waals surface area contributed by atoms with Crippen molar-refractivity contribution in [2.75, 3.05) is 23.4 Å². The fraction of sp³-hybridized carbons (Fsp3) is 0.400. The predicted octanol–water partition coefficient (Wildman–Crippen LogP) is 1.36. The quantitative estimate of drug-likeness (QED) is 0.871. The van der Waals surface area contributed by atoms with Crippen LogP contribution in [0, 0.1) is 0 Å². The number of benzene rings is 1. The molecule has 2 heterocycles. The van der Waals surface area contributed by atoms with Gasteiger partial charge in [-0.2, -0.15) is 16.9 Å². The first-order chi connectivity index (χ1) is 10.8. The fourth-order valence-corrected chi connectivity index (χ4v) is 3.33. The molecule has 7 heteroatoms. The summed E-state index contributed by atoms with van der Waals surface area (Å²) in [4.78, 5) is 16.0. The topological polar surface area (TPSA) is 71.8 Å². The second-order valence-corrected chi connectivity index (χ2v) is 6.42. The van der Waals surface area contributed by atoms with E-state index in [0.29, 0.717) is 13.0 Å². The second kappa shape index (κ2) is 7.42. The maximum Gasteiger partial charge on any atom is 0.225 e. The molecule has 1 atom stereocenters. The lowest BCUT2D eigenvalue weighted by Gasteiger charge is -2.22. The van der Waals surface area contributed by atoms with E-state index in [4.69, 9.17) is 0 Å². The number of thioether (sulfide) groups is 1. The molecule has 0 aliphatic carbocycles. The van der Waals surface area contributed by atoms with Crippen LogP contribution in [0.1, 0.15) is 12.0 Å². The Morgan fingerprint density at radius 3 is 2.95 bits per heavy atom. The lowest BCUT2D eigenvalue weighted by atomic mass is 10.2. The predicted molar refractivity (Wildman–Crippen MR) is 87.9 cm³/mol. The first kappa shape index (κ1) is 15.1. The van der Waals surface area contributed by atoms with Crippen molar-refractivity contribution >= 4 is 23.4 Å². The van der Waals surface area contributed by atoms with Gasteiger partial charge in [-0.15, -0.1) is 0 Å². The lowest BCUT2D eigenvalue weighted by molar-refractivity contribution is -0.116. The van der Waals surface area contributed by atoms with Crippen LogP contribution in [0.25, 0.3) is 0 Å². The van der Waals surface area contributed by atoms with Crippen LogP contribution in [-0.2, 0) is 11.3 Å². The summed E-state index contributed by atoms with van der Waals surface area (Å²) in [7, 11) is 0. The average molecular weight is 317 g/mol. The van der Waals surface area contributed by atoms with Gasteiger partial charge in [0.2, 0.25) is 5.91 Å². The molecule has 0 bridgehead atoms. The molecule has 0 radical (unpaired) electrons. The van der Waals surface area contributed by atoms with Gasteiger partial charge < -0.3 is 10.6 Å². The van der Waals surface area contributed by atoms with Crippen LogP contribution in [0.3, 0.4) is 0 Å². The summed E-state index contributed by atoms with van der Waals surface area (Å²) in [6.07, 6.45) is 3.73. The fourth-order valence-electron chi connectivity index (χ4n) is 2.38. The number of rotatable bonds is 5. The van der Waals surface area contributed by atoms with E-state index < -0.39 is 0 Å². The summed E-state index contributed by atoms with van der Waals surface area (Å²) >= 11 is 1.90. The molecule has 1 amide bonds. The molecule has 2 aromatic rings. The Balaban J connectivity index is 1.50. The SMILES string of the molecule is O=C(CC1CSCCN1)Nc1ccc(Cn2cncn2)cc1. The molecule has 1 aliphatic heterocycles. The largest absolute Gasteiger partial charge is 0.326 e. The highest BCUT2D eigenvalue weighted by Crippen LogP contribution is 2.13. The number of carbonyl (C=O) groups excluding carboxylic acids is 1. The summed E-state index contributed by atoms with van der Waals surface area (Å²) in [6.45, 7) is 1.66. The first-order valence-corrected chi connectivity index (χ1v) is 8.47. The summed E-state index contributed by atoms with van der Waals surface area (Å²) < 4.78 is 1.76. The average Bonchev–Trinajstić information content (AvgIpc) is 3.03. The smallest absolute Gasteiger partial charge is 0.225 e. The van der Waals surface area contributed by atoms with Crippen LogP contribution in [0.15, 0.2) is 36.9 Å². The molecule has 6 nitrogen and oxygen atoms in total. The van der Waals surface area contributed by atoms with Gasteiger partial charge in [0.25, 0.3) is 0 Å². The zero-order valence-corrected chi connectivity index (χ0v) is 13.1. The number of aromatic nitrogens is 3. The third-order valence-corrected chi connectivity index (χ3v) is 4.61. The molecule has 0 spiro atoms. The van der Waals surface area contributed by atoms with Crippen molar-refractivity contribution in [3.8, 4) is 0 Å². The second-order valence-electron chi connectivity index (χ2n) is 5.27. The molecule has 1 fully saturated rings. The zero-order chi connectivity index (χ0) is 15.2. The van der Waals surface area contributed by atoms with Gasteiger partial charge in [-0.1, -0.05) is 12.1 Å². The van der Waals surface area contributed by atoms with E-state index >= 15 is 0 Å². The van der Waals surface area contributed by atoms with Crippen molar-refractivity contribution in [3.05, 3.63) is 42.5 Å². The standard InChI is InChI=1S/C15H19N5OS/c21-15(7-14-9-22-6-5-17-14)19-13-3-1-12(2-4-13)8-20-11-16-10-18-20/h1-4,10-11,14,17H,5-9H2,(H,19,21). The molecular formula is C15H19N5OS. The third-order valence-electron chi connectivity index (χ3n) is 3.48. The number of nitrogens with zero attached hydrogens (tertiary/aromatic N) is 3. The number of hydrogen-bond donors (Lipinski definition) is 2. The minimum absolute atomic E-state index is 0.0593. The first-order valence-electron chi connectivity index (χ1n) is 7.32. The Morgan fingerprint density at radius 2 is 2.27 bits per heavy atom. The van der Waals surface area contributed by atoms with Gasteiger partial charge in [-0.3, -0.25) is 4.79 Å². The van der Waals surface area contributed by atoms with Crippen molar-refractivity contribution in [1.82, 2.24) is 20.1 Å². The van der Waals surface area contributed by atoms with Crippen molar-refractivity contribution < 1.29 is 4.79 Å². The van der Waals surface area contributed by atoms with E-state index in [0.717, 1.165) is 29.3 Å². The van der Waals surface area contributed by atoms with Crippen LogP contribution in [-0.4, -0.2) is 44.8 Å². The number of anilines is 1. The number of carbonyl (C=O) groups is 1. The molecule has 1 saturated heterocycles. The molecule has 3 rings (SSSR count). The third kappa shape index (κ3) is 4.32. The molecule has 1 aromatic heterocycles. The van der Waals surface area contributed by atoms with Gasteiger partial charge in [-0.05, 0) is 17.7 Å². The van der Waals surface area contributed by atoms with Crippen molar-refractivity contribution in [2.45, 2.75) is 19.0 Å². The van der Waals surface area contributed by atoms with Crippen LogP contribution in [0.2, 0.25) is 0 Å². The van der Waals surface area contributed by atoms with Gasteiger partial charge in [0.05, 0.1) is 6.54 Å². The van der Waals surface area contributed by atoms with E-state index in [1.54, 1.807) is 11.0 Å². The Bertz CT molecular complexity index is 593. The van der Waals surface area contributed by atoms with Gasteiger partial charge in [0, 0.05) is 36.2 Å². The summed E-state index contributed by atoms with van der Waals surface area (Å²) in [6, 6.07) is 8.11. The molecule has 1 unspecified atom stereocenters. The Morgan fingerprint density at radius 1 is 1.41 bits per heavy atom. The molecule has 2 N–H and O–H groups in total. The van der Waals surface area contributed by atoms with Gasteiger partial charge >= 0.3 is 0 Å². The Kier molecular flexibility index (Phi) is 5.07. The van der Waals surface area contributed by atoms with Crippen molar-refractivity contribution in [1.29, 1.82) is 0 Å². The molecular weight excluding hydrogens is 298 g/mol. The van der Waals surface area contributed by atoms with E-state index in [-0.39, 0.29) is 11.9 Å². The molecule has 0 saturated carbocycles. The number of nitrogens with one attached hydrogen (secondary N) is 2. The van der Waals surface area contributed by atoms with E-state index in [1.807, 2.05) is 36.0 Å². The minimum atomic E-state index is 0.0593. The Labute approximate surface area is 133 Å². The zero-order valence-electron chi connectivity index (χ0n) is 12.2. The summed E-state index contributed by atoms with van der Waals surface area (Å²) in [5.74, 6) is 2.19.